The Hall–Kier alpha value is -3.43. The van der Waals surface area contributed by atoms with Crippen LogP contribution in [0.4, 0.5) is 0 Å². The van der Waals surface area contributed by atoms with E-state index in [9.17, 15) is 4.79 Å². The summed E-state index contributed by atoms with van der Waals surface area (Å²) in [6.45, 7) is 4.64. The molecule has 0 bridgehead atoms. The predicted molar refractivity (Wildman–Crippen MR) is 118 cm³/mol. The number of rotatable bonds is 6. The zero-order valence-corrected chi connectivity index (χ0v) is 17.7. The second-order valence-electron chi connectivity index (χ2n) is 7.95. The number of hydrogen-bond donors (Lipinski definition) is 0. The lowest BCUT2D eigenvalue weighted by molar-refractivity contribution is 0.0478. The summed E-state index contributed by atoms with van der Waals surface area (Å²) in [6, 6.07) is 19.5. The van der Waals surface area contributed by atoms with Crippen molar-refractivity contribution < 1.29 is 9.53 Å². The van der Waals surface area contributed by atoms with E-state index in [0.29, 0.717) is 30.3 Å². The van der Waals surface area contributed by atoms with Crippen molar-refractivity contribution in [2.45, 2.75) is 26.4 Å². The Morgan fingerprint density at radius 1 is 1.13 bits per heavy atom. The highest BCUT2D eigenvalue weighted by Gasteiger charge is 2.26. The average molecular weight is 415 g/mol. The minimum atomic E-state index is 0.0524. The second-order valence-corrected chi connectivity index (χ2v) is 7.95. The molecule has 4 rings (SSSR count). The van der Waals surface area contributed by atoms with E-state index in [1.807, 2.05) is 71.1 Å². The Labute approximate surface area is 182 Å². The maximum absolute atomic E-state index is 13.0. The average Bonchev–Trinajstić information content (AvgIpc) is 3.21. The summed E-state index contributed by atoms with van der Waals surface area (Å²) in [7, 11) is 0. The minimum absolute atomic E-state index is 0.0524. The van der Waals surface area contributed by atoms with Crippen LogP contribution in [0.15, 0.2) is 60.8 Å². The Kier molecular flexibility index (Phi) is 6.44. The van der Waals surface area contributed by atoms with Gasteiger partial charge in [-0.25, -0.2) is 4.68 Å². The van der Waals surface area contributed by atoms with Gasteiger partial charge in [0.25, 0.3) is 5.91 Å². The standard InChI is InChI=1S/C25H26N4O2/c1-19-24(16-27-29(19)23-5-3-2-4-6-23)25(30)28-13-11-22(12-14-28)18-31-17-21-9-7-20(15-26)8-10-21/h2-10,16,22H,11-14,17-18H2,1H3. The van der Waals surface area contributed by atoms with Gasteiger partial charge in [0.05, 0.1) is 41.4 Å². The summed E-state index contributed by atoms with van der Waals surface area (Å²) in [5.41, 5.74) is 4.21. The number of para-hydroxylation sites is 1. The van der Waals surface area contributed by atoms with Gasteiger partial charge in [-0.15, -0.1) is 0 Å². The lowest BCUT2D eigenvalue weighted by atomic mass is 9.97. The lowest BCUT2D eigenvalue weighted by Crippen LogP contribution is -2.39. The molecule has 6 nitrogen and oxygen atoms in total. The topological polar surface area (TPSA) is 71.2 Å². The number of nitrogens with zero attached hydrogens (tertiary/aromatic N) is 4. The zero-order valence-electron chi connectivity index (χ0n) is 17.7. The van der Waals surface area contributed by atoms with E-state index in [2.05, 4.69) is 11.2 Å². The molecule has 1 aromatic heterocycles. The van der Waals surface area contributed by atoms with Crippen molar-refractivity contribution in [1.29, 1.82) is 5.26 Å². The van der Waals surface area contributed by atoms with Gasteiger partial charge in [-0.3, -0.25) is 4.79 Å². The smallest absolute Gasteiger partial charge is 0.257 e. The number of ether oxygens (including phenoxy) is 1. The maximum Gasteiger partial charge on any atom is 0.257 e. The van der Waals surface area contributed by atoms with Crippen molar-refractivity contribution in [3.8, 4) is 11.8 Å². The van der Waals surface area contributed by atoms with Crippen molar-refractivity contribution in [2.24, 2.45) is 5.92 Å². The summed E-state index contributed by atoms with van der Waals surface area (Å²) in [6.07, 6.45) is 3.55. The highest BCUT2D eigenvalue weighted by molar-refractivity contribution is 5.95. The summed E-state index contributed by atoms with van der Waals surface area (Å²) < 4.78 is 7.70. The zero-order chi connectivity index (χ0) is 21.6. The van der Waals surface area contributed by atoms with Crippen LogP contribution in [0, 0.1) is 24.2 Å². The van der Waals surface area contributed by atoms with Crippen molar-refractivity contribution >= 4 is 5.91 Å². The van der Waals surface area contributed by atoms with Crippen molar-refractivity contribution in [3.05, 3.63) is 83.2 Å². The van der Waals surface area contributed by atoms with E-state index in [4.69, 9.17) is 10.00 Å². The molecule has 3 aromatic rings. The SMILES string of the molecule is Cc1c(C(=O)N2CCC(COCc3ccc(C#N)cc3)CC2)cnn1-c1ccccc1. The Balaban J connectivity index is 1.27. The first-order valence-electron chi connectivity index (χ1n) is 10.6. The number of carbonyl (C=O) groups is 1. The summed E-state index contributed by atoms with van der Waals surface area (Å²) in [5.74, 6) is 0.507. The molecule has 0 radical (unpaired) electrons. The van der Waals surface area contributed by atoms with Gasteiger partial charge in [-0.05, 0) is 55.5 Å². The third-order valence-electron chi connectivity index (χ3n) is 5.85. The molecule has 1 aliphatic rings. The number of hydrogen-bond acceptors (Lipinski definition) is 4. The Morgan fingerprint density at radius 2 is 1.84 bits per heavy atom. The molecule has 0 atom stereocenters. The van der Waals surface area contributed by atoms with Crippen LogP contribution in [-0.4, -0.2) is 40.3 Å². The van der Waals surface area contributed by atoms with Gasteiger partial charge in [-0.1, -0.05) is 30.3 Å². The van der Waals surface area contributed by atoms with Crippen LogP contribution >= 0.6 is 0 Å². The van der Waals surface area contributed by atoms with E-state index in [-0.39, 0.29) is 5.91 Å². The highest BCUT2D eigenvalue weighted by atomic mass is 16.5. The van der Waals surface area contributed by atoms with E-state index in [1.54, 1.807) is 6.20 Å². The van der Waals surface area contributed by atoms with E-state index in [0.717, 1.165) is 42.9 Å². The van der Waals surface area contributed by atoms with E-state index >= 15 is 0 Å². The molecule has 1 saturated heterocycles. The number of benzene rings is 2. The number of amides is 1. The predicted octanol–water partition coefficient (Wildman–Crippen LogP) is 4.12. The second kappa shape index (κ2) is 9.59. The Bertz CT molecular complexity index is 1060. The number of nitriles is 1. The quantitative estimate of drug-likeness (QED) is 0.608. The summed E-state index contributed by atoms with van der Waals surface area (Å²) in [5, 5.41) is 13.3. The van der Waals surface area contributed by atoms with Crippen LogP contribution in [0.2, 0.25) is 0 Å². The summed E-state index contributed by atoms with van der Waals surface area (Å²) in [4.78, 5) is 15.0. The van der Waals surface area contributed by atoms with Gasteiger partial charge >= 0.3 is 0 Å². The minimum Gasteiger partial charge on any atom is -0.376 e. The van der Waals surface area contributed by atoms with E-state index < -0.39 is 0 Å². The van der Waals surface area contributed by atoms with Gasteiger partial charge in [0.15, 0.2) is 0 Å². The Morgan fingerprint density at radius 3 is 2.52 bits per heavy atom. The van der Waals surface area contributed by atoms with Crippen LogP contribution in [0.3, 0.4) is 0 Å². The van der Waals surface area contributed by atoms with Gasteiger partial charge in [0.1, 0.15) is 0 Å². The van der Waals surface area contributed by atoms with Gasteiger partial charge in [0, 0.05) is 19.7 Å². The molecule has 6 heteroatoms. The van der Waals surface area contributed by atoms with Gasteiger partial charge in [0.2, 0.25) is 0 Å². The normalized spacial score (nSPS) is 14.4. The van der Waals surface area contributed by atoms with Crippen LogP contribution in [-0.2, 0) is 11.3 Å². The van der Waals surface area contributed by atoms with Crippen LogP contribution in [0.25, 0.3) is 5.69 Å². The third-order valence-corrected chi connectivity index (χ3v) is 5.85. The largest absolute Gasteiger partial charge is 0.376 e. The number of carbonyl (C=O) groups excluding carboxylic acids is 1. The van der Waals surface area contributed by atoms with Crippen molar-refractivity contribution in [2.75, 3.05) is 19.7 Å². The molecular formula is C25H26N4O2. The first-order valence-corrected chi connectivity index (χ1v) is 10.6. The fourth-order valence-corrected chi connectivity index (χ4v) is 3.94. The van der Waals surface area contributed by atoms with E-state index in [1.165, 1.54) is 0 Å². The molecule has 2 aromatic carbocycles. The van der Waals surface area contributed by atoms with Crippen LogP contribution < -0.4 is 0 Å². The van der Waals surface area contributed by atoms with Crippen molar-refractivity contribution in [1.82, 2.24) is 14.7 Å². The lowest BCUT2D eigenvalue weighted by Gasteiger charge is -2.31. The maximum atomic E-state index is 13.0. The van der Waals surface area contributed by atoms with Gasteiger partial charge < -0.3 is 9.64 Å². The third kappa shape index (κ3) is 4.84. The fraction of sp³-hybridized carbons (Fsp3) is 0.320. The van der Waals surface area contributed by atoms with Crippen LogP contribution in [0.5, 0.6) is 0 Å². The van der Waals surface area contributed by atoms with Gasteiger partial charge in [-0.2, -0.15) is 10.4 Å². The molecular weight excluding hydrogens is 388 g/mol. The number of piperidine rings is 1. The molecule has 1 aliphatic heterocycles. The molecule has 158 valence electrons. The number of aromatic nitrogens is 2. The molecule has 0 saturated carbocycles. The van der Waals surface area contributed by atoms with Crippen molar-refractivity contribution in [3.63, 3.8) is 0 Å². The molecule has 2 heterocycles. The molecule has 0 N–H and O–H groups in total. The fourth-order valence-electron chi connectivity index (χ4n) is 3.94. The monoisotopic (exact) mass is 414 g/mol. The molecule has 0 aliphatic carbocycles. The molecule has 0 unspecified atom stereocenters. The molecule has 1 fully saturated rings. The first kappa shape index (κ1) is 20.8. The molecule has 31 heavy (non-hydrogen) atoms. The van der Waals surface area contributed by atoms with Crippen LogP contribution in [0.1, 0.15) is 40.0 Å². The molecule has 0 spiro atoms. The molecule has 1 amide bonds. The first-order chi connectivity index (χ1) is 15.2. The number of likely N-dealkylation sites (tertiary alicyclic amines) is 1. The highest BCUT2D eigenvalue weighted by Crippen LogP contribution is 2.22. The summed E-state index contributed by atoms with van der Waals surface area (Å²) >= 11 is 0.